The summed E-state index contributed by atoms with van der Waals surface area (Å²) in [6.45, 7) is 3.43. The van der Waals surface area contributed by atoms with E-state index in [9.17, 15) is 18.0 Å². The van der Waals surface area contributed by atoms with Crippen molar-refractivity contribution in [1.29, 1.82) is 0 Å². The van der Waals surface area contributed by atoms with Crippen LogP contribution in [0.15, 0.2) is 89.1 Å². The lowest BCUT2D eigenvalue weighted by molar-refractivity contribution is -0.0328. The molecule has 0 amide bonds. The van der Waals surface area contributed by atoms with Crippen molar-refractivity contribution in [2.24, 2.45) is 0 Å². The van der Waals surface area contributed by atoms with Crippen molar-refractivity contribution in [3.8, 4) is 4.90 Å². The average Bonchev–Trinajstić information content (AvgIpc) is 3.17. The lowest BCUT2D eigenvalue weighted by Crippen LogP contribution is -2.25. The monoisotopic (exact) mass is 473 g/mol. The van der Waals surface area contributed by atoms with Crippen molar-refractivity contribution in [1.82, 2.24) is 0 Å². The highest BCUT2D eigenvalue weighted by Crippen LogP contribution is 2.40. The maximum Gasteiger partial charge on any atom is 0.446 e. The molecule has 7 heteroatoms. The number of esters is 1. The first-order valence-electron chi connectivity index (χ1n) is 9.82. The summed E-state index contributed by atoms with van der Waals surface area (Å²) >= 11 is -0.174. The van der Waals surface area contributed by atoms with E-state index >= 15 is 0 Å². The number of alkyl halides is 3. The van der Waals surface area contributed by atoms with E-state index in [0.29, 0.717) is 11.1 Å². The Hall–Kier alpha value is -2.77. The first-order valence-corrected chi connectivity index (χ1v) is 11.9. The maximum atomic E-state index is 12.7. The van der Waals surface area contributed by atoms with Gasteiger partial charge >= 0.3 is 11.5 Å². The molecule has 164 valence electrons. The smallest absolute Gasteiger partial charge is 0.446 e. The molecule has 3 aromatic carbocycles. The highest BCUT2D eigenvalue weighted by atomic mass is 32.2. The van der Waals surface area contributed by atoms with Crippen LogP contribution in [0.5, 0.6) is 0 Å². The van der Waals surface area contributed by atoms with Gasteiger partial charge in [0.25, 0.3) is 0 Å². The Balaban J connectivity index is 1.48. The second-order valence-electron chi connectivity index (χ2n) is 7.67. The fourth-order valence-corrected chi connectivity index (χ4v) is 5.81. The van der Waals surface area contributed by atoms with Gasteiger partial charge < -0.3 is 4.74 Å². The van der Waals surface area contributed by atoms with E-state index in [1.54, 1.807) is 38.1 Å². The molecule has 4 rings (SSSR count). The zero-order valence-corrected chi connectivity index (χ0v) is 19.0. The number of hydrogen-bond acceptors (Lipinski definition) is 3. The average molecular weight is 474 g/mol. The molecule has 0 aliphatic carbocycles. The fourth-order valence-electron chi connectivity index (χ4n) is 3.38. The van der Waals surface area contributed by atoms with E-state index in [4.69, 9.17) is 4.74 Å². The number of carbonyl (C=O) groups is 1. The summed E-state index contributed by atoms with van der Waals surface area (Å²) in [5.41, 5.74) is -4.30. The molecule has 1 heterocycles. The number of benzene rings is 3. The molecule has 4 aromatic rings. The van der Waals surface area contributed by atoms with Crippen molar-refractivity contribution in [3.63, 3.8) is 0 Å². The van der Waals surface area contributed by atoms with Crippen LogP contribution in [-0.2, 0) is 10.3 Å². The van der Waals surface area contributed by atoms with Crippen LogP contribution < -0.4 is 0 Å². The van der Waals surface area contributed by atoms with Crippen LogP contribution in [0.2, 0.25) is 0 Å². The fraction of sp³-hybridized carbons (Fsp3) is 0.160. The number of thioether (sulfide) groups is 1. The molecule has 0 fully saturated rings. The minimum absolute atomic E-state index is 0.0855. The van der Waals surface area contributed by atoms with E-state index < -0.39 is 17.1 Å². The molecule has 0 aliphatic rings. The summed E-state index contributed by atoms with van der Waals surface area (Å²) in [6.07, 6.45) is 0. The van der Waals surface area contributed by atoms with Gasteiger partial charge in [-0.25, -0.2) is 4.79 Å². The minimum atomic E-state index is -4.34. The second kappa shape index (κ2) is 8.64. The Morgan fingerprint density at radius 2 is 1.53 bits per heavy atom. The summed E-state index contributed by atoms with van der Waals surface area (Å²) in [7, 11) is -0.160. The highest BCUT2D eigenvalue weighted by molar-refractivity contribution is 8.00. The van der Waals surface area contributed by atoms with Crippen molar-refractivity contribution < 1.29 is 22.7 Å². The normalized spacial score (nSPS) is 12.7. The maximum absolute atomic E-state index is 12.7. The molecule has 0 saturated carbocycles. The number of thiophene rings is 1. The Labute approximate surface area is 191 Å². The third-order valence-electron chi connectivity index (χ3n) is 5.01. The van der Waals surface area contributed by atoms with Crippen LogP contribution in [-0.4, -0.2) is 11.5 Å². The Morgan fingerprint density at radius 3 is 2.19 bits per heavy atom. The SMILES string of the molecule is CC(C)(OC(=O)c1ccc(-[s+]2ccc3ccccc32)cc1)c1ccc(SC(F)(F)F)cc1. The molecule has 1 atom stereocenters. The Bertz CT molecular complexity index is 1240. The van der Waals surface area contributed by atoms with Crippen molar-refractivity contribution in [2.75, 3.05) is 0 Å². The number of hydrogen-bond donors (Lipinski definition) is 0. The number of halogens is 3. The van der Waals surface area contributed by atoms with Gasteiger partial charge in [-0.05, 0) is 79.7 Å². The summed E-state index contributed by atoms with van der Waals surface area (Å²) in [4.78, 5) is 13.9. The quantitative estimate of drug-likeness (QED) is 0.166. The first kappa shape index (κ1) is 22.4. The number of fused-ring (bicyclic) bond motifs is 1. The first-order chi connectivity index (χ1) is 15.1. The van der Waals surface area contributed by atoms with Gasteiger partial charge in [0.1, 0.15) is 11.0 Å². The van der Waals surface area contributed by atoms with Gasteiger partial charge in [0.15, 0.2) is 9.60 Å². The van der Waals surface area contributed by atoms with Crippen LogP contribution in [0.4, 0.5) is 13.2 Å². The van der Waals surface area contributed by atoms with Crippen LogP contribution >= 0.6 is 22.2 Å². The van der Waals surface area contributed by atoms with Crippen molar-refractivity contribution in [2.45, 2.75) is 29.9 Å². The van der Waals surface area contributed by atoms with Crippen molar-refractivity contribution in [3.05, 3.63) is 95.4 Å². The van der Waals surface area contributed by atoms with Crippen LogP contribution in [0.3, 0.4) is 0 Å². The number of ether oxygens (including phenoxy) is 1. The number of rotatable bonds is 5. The molecular formula is C25H20F3O2S2+. The van der Waals surface area contributed by atoms with Gasteiger partial charge in [0.05, 0.1) is 5.56 Å². The third-order valence-corrected chi connectivity index (χ3v) is 7.79. The van der Waals surface area contributed by atoms with E-state index in [1.807, 2.05) is 24.3 Å². The second-order valence-corrected chi connectivity index (χ2v) is 10.7. The molecule has 1 aromatic heterocycles. The summed E-state index contributed by atoms with van der Waals surface area (Å²) in [5, 5.41) is 3.38. The lowest BCUT2D eigenvalue weighted by atomic mass is 9.98. The Kier molecular flexibility index (Phi) is 6.05. The van der Waals surface area contributed by atoms with E-state index in [2.05, 4.69) is 23.6 Å². The molecule has 0 aliphatic heterocycles. The predicted octanol–water partition coefficient (Wildman–Crippen LogP) is 8.28. The largest absolute Gasteiger partial charge is 0.451 e. The molecular weight excluding hydrogens is 453 g/mol. The van der Waals surface area contributed by atoms with Crippen LogP contribution in [0, 0.1) is 0 Å². The molecule has 0 saturated heterocycles. The van der Waals surface area contributed by atoms with Gasteiger partial charge in [-0.2, -0.15) is 13.2 Å². The molecule has 32 heavy (non-hydrogen) atoms. The molecule has 1 unspecified atom stereocenters. The van der Waals surface area contributed by atoms with Gasteiger partial charge in [-0.3, -0.25) is 0 Å². The van der Waals surface area contributed by atoms with Gasteiger partial charge in [-0.1, -0.05) is 24.3 Å². The molecule has 0 radical (unpaired) electrons. The predicted molar refractivity (Wildman–Crippen MR) is 125 cm³/mol. The standard InChI is InChI=1S/C25H20F3O2S2/c1-24(2,19-9-11-20(12-10-19)31-25(26,27)28)30-23(29)18-7-13-21(14-8-18)32-16-15-17-5-3-4-6-22(17)32/h3-16H,1-2H3/q+1. The molecule has 0 spiro atoms. The minimum Gasteiger partial charge on any atom is -0.451 e. The third kappa shape index (κ3) is 5.00. The van der Waals surface area contributed by atoms with E-state index in [0.717, 1.165) is 4.90 Å². The molecule has 2 nitrogen and oxygen atoms in total. The Morgan fingerprint density at radius 1 is 0.875 bits per heavy atom. The van der Waals surface area contributed by atoms with Crippen molar-refractivity contribution >= 4 is 38.3 Å². The van der Waals surface area contributed by atoms with Gasteiger partial charge in [0, 0.05) is 26.8 Å². The van der Waals surface area contributed by atoms with E-state index in [-0.39, 0.29) is 27.1 Å². The topological polar surface area (TPSA) is 26.3 Å². The number of carbonyl (C=O) groups excluding carboxylic acids is 1. The summed E-state index contributed by atoms with van der Waals surface area (Å²) in [6, 6.07) is 23.6. The van der Waals surface area contributed by atoms with Crippen LogP contribution in [0.25, 0.3) is 15.0 Å². The van der Waals surface area contributed by atoms with Crippen LogP contribution in [0.1, 0.15) is 29.8 Å². The zero-order valence-electron chi connectivity index (χ0n) is 17.3. The van der Waals surface area contributed by atoms with Gasteiger partial charge in [-0.15, -0.1) is 0 Å². The summed E-state index contributed by atoms with van der Waals surface area (Å²) in [5.74, 6) is -0.485. The molecule has 0 bridgehead atoms. The van der Waals surface area contributed by atoms with E-state index in [1.165, 1.54) is 22.2 Å². The highest BCUT2D eigenvalue weighted by Gasteiger charge is 2.30. The van der Waals surface area contributed by atoms with Gasteiger partial charge in [0.2, 0.25) is 0 Å². The summed E-state index contributed by atoms with van der Waals surface area (Å²) < 4.78 is 44.5. The molecule has 0 N–H and O–H groups in total. The lowest BCUT2D eigenvalue weighted by Gasteiger charge is -2.26. The zero-order chi connectivity index (χ0) is 22.9.